The Morgan fingerprint density at radius 3 is 2.52 bits per heavy atom. The van der Waals surface area contributed by atoms with Crippen LogP contribution in [0.1, 0.15) is 43.0 Å². The van der Waals surface area contributed by atoms with Crippen molar-refractivity contribution >= 4 is 28.3 Å². The molecule has 1 atom stereocenters. The van der Waals surface area contributed by atoms with Gasteiger partial charge in [0.1, 0.15) is 5.38 Å². The third kappa shape index (κ3) is 3.38. The van der Waals surface area contributed by atoms with Crippen molar-refractivity contribution in [1.29, 1.82) is 0 Å². The highest BCUT2D eigenvalue weighted by Crippen LogP contribution is 2.26. The summed E-state index contributed by atoms with van der Waals surface area (Å²) in [6.07, 6.45) is 5.84. The molecule has 1 aliphatic carbocycles. The molecule has 1 unspecified atom stereocenters. The van der Waals surface area contributed by atoms with Gasteiger partial charge in [-0.1, -0.05) is 55.7 Å². The van der Waals surface area contributed by atoms with Gasteiger partial charge >= 0.3 is 0 Å². The molecule has 1 saturated carbocycles. The maximum Gasteiger partial charge on any atom is 0.242 e. The molecule has 2 aromatic carbocycles. The zero-order valence-electron chi connectivity index (χ0n) is 12.0. The molecule has 0 aromatic heterocycles. The molecule has 3 heteroatoms. The van der Waals surface area contributed by atoms with Crippen molar-refractivity contribution in [1.82, 2.24) is 5.32 Å². The third-order valence-electron chi connectivity index (χ3n) is 4.25. The average molecular weight is 302 g/mol. The first-order chi connectivity index (χ1) is 10.2. The van der Waals surface area contributed by atoms with E-state index in [1.807, 2.05) is 36.4 Å². The van der Waals surface area contributed by atoms with E-state index < -0.39 is 5.38 Å². The van der Waals surface area contributed by atoms with Crippen molar-refractivity contribution in [3.8, 4) is 0 Å². The molecule has 2 nitrogen and oxygen atoms in total. The molecule has 0 bridgehead atoms. The lowest BCUT2D eigenvalue weighted by Crippen LogP contribution is -2.38. The normalized spacial score (nSPS) is 17.6. The number of nitrogens with one attached hydrogen (secondary N) is 1. The largest absolute Gasteiger partial charge is 0.352 e. The van der Waals surface area contributed by atoms with E-state index in [-0.39, 0.29) is 5.91 Å². The highest BCUT2D eigenvalue weighted by atomic mass is 35.5. The topological polar surface area (TPSA) is 29.1 Å². The molecule has 110 valence electrons. The number of alkyl halides is 1. The summed E-state index contributed by atoms with van der Waals surface area (Å²) in [5, 5.41) is 4.76. The SMILES string of the molecule is O=C(NC1CCCCC1)C(Cl)c1ccc2ccccc2c1. The molecular formula is C18H20ClNO. The minimum atomic E-state index is -0.614. The molecule has 21 heavy (non-hydrogen) atoms. The monoisotopic (exact) mass is 301 g/mol. The average Bonchev–Trinajstić information content (AvgIpc) is 2.54. The standard InChI is InChI=1S/C18H20ClNO/c19-17(18(21)20-16-8-2-1-3-9-16)15-11-10-13-6-4-5-7-14(13)12-15/h4-7,10-12,16-17H,1-3,8-9H2,(H,20,21). The highest BCUT2D eigenvalue weighted by Gasteiger charge is 2.22. The predicted molar refractivity (Wildman–Crippen MR) is 87.6 cm³/mol. The van der Waals surface area contributed by atoms with Gasteiger partial charge in [-0.25, -0.2) is 0 Å². The number of rotatable bonds is 3. The maximum absolute atomic E-state index is 12.3. The van der Waals surface area contributed by atoms with E-state index in [0.717, 1.165) is 29.2 Å². The van der Waals surface area contributed by atoms with Crippen molar-refractivity contribution in [3.05, 3.63) is 48.0 Å². The summed E-state index contributed by atoms with van der Waals surface area (Å²) >= 11 is 6.36. The first-order valence-electron chi connectivity index (χ1n) is 7.67. The summed E-state index contributed by atoms with van der Waals surface area (Å²) in [7, 11) is 0. The fourth-order valence-electron chi connectivity index (χ4n) is 3.04. The Morgan fingerprint density at radius 1 is 1.05 bits per heavy atom. The van der Waals surface area contributed by atoms with Crippen molar-refractivity contribution < 1.29 is 4.79 Å². The van der Waals surface area contributed by atoms with Crippen LogP contribution >= 0.6 is 11.6 Å². The number of carbonyl (C=O) groups is 1. The predicted octanol–water partition coefficient (Wildman–Crippen LogP) is 4.57. The van der Waals surface area contributed by atoms with Crippen LogP contribution in [0.2, 0.25) is 0 Å². The second kappa shape index (κ2) is 6.48. The van der Waals surface area contributed by atoms with Gasteiger partial charge in [0.2, 0.25) is 5.91 Å². The lowest BCUT2D eigenvalue weighted by Gasteiger charge is -2.24. The fraction of sp³-hybridized carbons (Fsp3) is 0.389. The zero-order valence-corrected chi connectivity index (χ0v) is 12.8. The fourth-order valence-corrected chi connectivity index (χ4v) is 3.24. The Hall–Kier alpha value is -1.54. The number of amides is 1. The van der Waals surface area contributed by atoms with E-state index in [0.29, 0.717) is 6.04 Å². The molecule has 1 aliphatic rings. The van der Waals surface area contributed by atoms with Gasteiger partial charge in [-0.05, 0) is 35.2 Å². The van der Waals surface area contributed by atoms with Crippen LogP contribution in [0, 0.1) is 0 Å². The molecule has 0 aliphatic heterocycles. The lowest BCUT2D eigenvalue weighted by atomic mass is 9.95. The Bertz CT molecular complexity index is 634. The number of carbonyl (C=O) groups excluding carboxylic acids is 1. The van der Waals surface area contributed by atoms with Gasteiger partial charge in [-0.2, -0.15) is 0 Å². The molecule has 0 saturated heterocycles. The van der Waals surface area contributed by atoms with Gasteiger partial charge in [0.05, 0.1) is 0 Å². The van der Waals surface area contributed by atoms with E-state index in [2.05, 4.69) is 11.4 Å². The molecule has 3 rings (SSSR count). The number of halogens is 1. The summed E-state index contributed by atoms with van der Waals surface area (Å²) in [4.78, 5) is 12.3. The van der Waals surface area contributed by atoms with Crippen molar-refractivity contribution in [2.24, 2.45) is 0 Å². The number of hydrogen-bond acceptors (Lipinski definition) is 1. The number of hydrogen-bond donors (Lipinski definition) is 1. The van der Waals surface area contributed by atoms with Gasteiger partial charge in [-0.3, -0.25) is 4.79 Å². The van der Waals surface area contributed by atoms with E-state index >= 15 is 0 Å². The molecule has 2 aromatic rings. The van der Waals surface area contributed by atoms with E-state index in [1.165, 1.54) is 19.3 Å². The first-order valence-corrected chi connectivity index (χ1v) is 8.11. The molecule has 0 heterocycles. The molecular weight excluding hydrogens is 282 g/mol. The summed E-state index contributed by atoms with van der Waals surface area (Å²) in [6.45, 7) is 0. The Balaban J connectivity index is 1.72. The highest BCUT2D eigenvalue weighted by molar-refractivity contribution is 6.30. The Morgan fingerprint density at radius 2 is 1.76 bits per heavy atom. The third-order valence-corrected chi connectivity index (χ3v) is 4.70. The number of fused-ring (bicyclic) bond motifs is 1. The minimum absolute atomic E-state index is 0.0705. The summed E-state index contributed by atoms with van der Waals surface area (Å²) in [6, 6.07) is 14.4. The van der Waals surface area contributed by atoms with Crippen LogP contribution in [0.15, 0.2) is 42.5 Å². The van der Waals surface area contributed by atoms with Crippen molar-refractivity contribution in [2.45, 2.75) is 43.5 Å². The Labute approximate surface area is 130 Å². The molecule has 1 N–H and O–H groups in total. The van der Waals surface area contributed by atoms with Gasteiger partial charge in [0, 0.05) is 6.04 Å². The zero-order chi connectivity index (χ0) is 14.7. The van der Waals surface area contributed by atoms with E-state index in [4.69, 9.17) is 11.6 Å². The van der Waals surface area contributed by atoms with Gasteiger partial charge in [0.25, 0.3) is 0 Å². The van der Waals surface area contributed by atoms with Crippen molar-refractivity contribution in [2.75, 3.05) is 0 Å². The van der Waals surface area contributed by atoms with Crippen LogP contribution < -0.4 is 5.32 Å². The smallest absolute Gasteiger partial charge is 0.242 e. The Kier molecular flexibility index (Phi) is 4.45. The summed E-state index contributed by atoms with van der Waals surface area (Å²) in [5.74, 6) is -0.0705. The molecule has 1 fully saturated rings. The van der Waals surface area contributed by atoms with Crippen LogP contribution in [0.25, 0.3) is 10.8 Å². The van der Waals surface area contributed by atoms with Crippen molar-refractivity contribution in [3.63, 3.8) is 0 Å². The first kappa shape index (κ1) is 14.4. The van der Waals surface area contributed by atoms with Crippen LogP contribution in [0.3, 0.4) is 0 Å². The molecule has 0 spiro atoms. The van der Waals surface area contributed by atoms with Crippen LogP contribution in [-0.2, 0) is 4.79 Å². The number of benzene rings is 2. The maximum atomic E-state index is 12.3. The van der Waals surface area contributed by atoms with E-state index in [1.54, 1.807) is 0 Å². The van der Waals surface area contributed by atoms with Gasteiger partial charge < -0.3 is 5.32 Å². The van der Waals surface area contributed by atoms with Crippen LogP contribution in [0.5, 0.6) is 0 Å². The lowest BCUT2D eigenvalue weighted by molar-refractivity contribution is -0.121. The summed E-state index contributed by atoms with van der Waals surface area (Å²) < 4.78 is 0. The van der Waals surface area contributed by atoms with Crippen LogP contribution in [0.4, 0.5) is 0 Å². The van der Waals surface area contributed by atoms with Gasteiger partial charge in [-0.15, -0.1) is 11.6 Å². The van der Waals surface area contributed by atoms with Gasteiger partial charge in [0.15, 0.2) is 0 Å². The van der Waals surface area contributed by atoms with Crippen LogP contribution in [-0.4, -0.2) is 11.9 Å². The quantitative estimate of drug-likeness (QED) is 0.827. The minimum Gasteiger partial charge on any atom is -0.352 e. The van der Waals surface area contributed by atoms with E-state index in [9.17, 15) is 4.79 Å². The second-order valence-electron chi connectivity index (χ2n) is 5.81. The summed E-state index contributed by atoms with van der Waals surface area (Å²) in [5.41, 5.74) is 0.865. The molecule has 0 radical (unpaired) electrons. The second-order valence-corrected chi connectivity index (χ2v) is 6.25. The molecule has 1 amide bonds.